The number of likely N-dealkylation sites (tertiary alicyclic amines) is 1. The summed E-state index contributed by atoms with van der Waals surface area (Å²) >= 11 is 3.31. The smallest absolute Gasteiger partial charge is 0.239 e. The summed E-state index contributed by atoms with van der Waals surface area (Å²) in [6, 6.07) is 4.46. The van der Waals surface area contributed by atoms with Crippen LogP contribution < -0.4 is 5.32 Å². The van der Waals surface area contributed by atoms with E-state index in [2.05, 4.69) is 27.7 Å². The summed E-state index contributed by atoms with van der Waals surface area (Å²) in [6.07, 6.45) is 2.46. The van der Waals surface area contributed by atoms with E-state index >= 15 is 0 Å². The van der Waals surface area contributed by atoms with Crippen LogP contribution in [0.2, 0.25) is 0 Å². The number of carbonyl (C=O) groups is 2. The average molecular weight is 339 g/mol. The number of hydrogen-bond donors (Lipinski definition) is 1. The van der Waals surface area contributed by atoms with Crippen LogP contribution in [0.25, 0.3) is 0 Å². The van der Waals surface area contributed by atoms with Gasteiger partial charge in [-0.2, -0.15) is 0 Å². The lowest BCUT2D eigenvalue weighted by Crippen LogP contribution is -2.42. The predicted octanol–water partition coefficient (Wildman–Crippen LogP) is 1.53. The van der Waals surface area contributed by atoms with E-state index in [0.717, 1.165) is 13.1 Å². The molecular formula is C15H21N3O2S2. The van der Waals surface area contributed by atoms with Crippen molar-refractivity contribution in [3.63, 3.8) is 0 Å². The highest BCUT2D eigenvalue weighted by atomic mass is 32.2. The Morgan fingerprint density at radius 2 is 2.18 bits per heavy atom. The minimum atomic E-state index is -0.0587. The molecule has 1 aromatic rings. The summed E-state index contributed by atoms with van der Waals surface area (Å²) in [4.78, 5) is 29.0. The Balaban J connectivity index is 1.54. The number of hydrogen-bond acceptors (Lipinski definition) is 5. The van der Waals surface area contributed by atoms with E-state index in [4.69, 9.17) is 0 Å². The molecule has 3 heterocycles. The van der Waals surface area contributed by atoms with Crippen molar-refractivity contribution in [3.05, 3.63) is 22.4 Å². The first-order chi connectivity index (χ1) is 10.7. The van der Waals surface area contributed by atoms with E-state index < -0.39 is 0 Å². The summed E-state index contributed by atoms with van der Waals surface area (Å²) in [7, 11) is 0. The monoisotopic (exact) mass is 339 g/mol. The fourth-order valence-corrected chi connectivity index (χ4v) is 4.69. The molecule has 0 aliphatic carbocycles. The van der Waals surface area contributed by atoms with Crippen LogP contribution in [0.3, 0.4) is 0 Å². The van der Waals surface area contributed by atoms with Gasteiger partial charge in [-0.1, -0.05) is 6.07 Å². The fourth-order valence-electron chi connectivity index (χ4n) is 2.92. The Labute approximate surface area is 139 Å². The van der Waals surface area contributed by atoms with Crippen molar-refractivity contribution in [1.82, 2.24) is 15.1 Å². The first-order valence-electron chi connectivity index (χ1n) is 7.64. The van der Waals surface area contributed by atoms with Gasteiger partial charge < -0.3 is 10.2 Å². The highest BCUT2D eigenvalue weighted by molar-refractivity contribution is 8.00. The molecule has 7 heteroatoms. The van der Waals surface area contributed by atoms with Crippen LogP contribution in [0.1, 0.15) is 23.8 Å². The summed E-state index contributed by atoms with van der Waals surface area (Å²) in [5, 5.41) is 5.10. The molecule has 2 aliphatic rings. The second kappa shape index (κ2) is 7.48. The summed E-state index contributed by atoms with van der Waals surface area (Å²) in [5.41, 5.74) is 0. The third-order valence-electron chi connectivity index (χ3n) is 4.11. The van der Waals surface area contributed by atoms with E-state index in [1.54, 1.807) is 28.0 Å². The van der Waals surface area contributed by atoms with Crippen LogP contribution in [0.15, 0.2) is 17.5 Å². The van der Waals surface area contributed by atoms with E-state index in [1.807, 2.05) is 0 Å². The normalized spacial score (nSPS) is 20.5. The van der Waals surface area contributed by atoms with Crippen LogP contribution in [-0.4, -0.2) is 59.4 Å². The zero-order chi connectivity index (χ0) is 15.4. The number of nitrogens with one attached hydrogen (secondary N) is 1. The van der Waals surface area contributed by atoms with Gasteiger partial charge in [-0.15, -0.1) is 23.1 Å². The summed E-state index contributed by atoms with van der Waals surface area (Å²) in [5.74, 6) is 1.14. The molecule has 0 spiro atoms. The standard InChI is InChI=1S/C15H21N3O2S2/c19-14(9-18-11-21-10-15(18)20)16-8-12(13-4-3-7-22-13)17-5-1-2-6-17/h3-4,7,12H,1-2,5-6,8-11H2,(H,16,19). The van der Waals surface area contributed by atoms with Gasteiger partial charge in [0.15, 0.2) is 0 Å². The average Bonchev–Trinajstić information content (AvgIpc) is 3.23. The molecular weight excluding hydrogens is 318 g/mol. The van der Waals surface area contributed by atoms with Crippen LogP contribution >= 0.6 is 23.1 Å². The van der Waals surface area contributed by atoms with Gasteiger partial charge >= 0.3 is 0 Å². The molecule has 0 aromatic carbocycles. The van der Waals surface area contributed by atoms with Crippen molar-refractivity contribution in [1.29, 1.82) is 0 Å². The molecule has 1 aromatic heterocycles. The van der Waals surface area contributed by atoms with E-state index in [-0.39, 0.29) is 24.4 Å². The van der Waals surface area contributed by atoms with Gasteiger partial charge in [-0.3, -0.25) is 14.5 Å². The third kappa shape index (κ3) is 3.83. The van der Waals surface area contributed by atoms with Crippen molar-refractivity contribution in [2.24, 2.45) is 0 Å². The number of carbonyl (C=O) groups excluding carboxylic acids is 2. The third-order valence-corrected chi connectivity index (χ3v) is 6.02. The molecule has 120 valence electrons. The number of nitrogens with zero attached hydrogens (tertiary/aromatic N) is 2. The Morgan fingerprint density at radius 1 is 1.36 bits per heavy atom. The lowest BCUT2D eigenvalue weighted by atomic mass is 10.2. The van der Waals surface area contributed by atoms with Gasteiger partial charge in [0.1, 0.15) is 6.54 Å². The van der Waals surface area contributed by atoms with E-state index in [9.17, 15) is 9.59 Å². The molecule has 3 rings (SSSR count). The summed E-state index contributed by atoms with van der Waals surface area (Å²) in [6.45, 7) is 3.00. The maximum absolute atomic E-state index is 12.1. The molecule has 2 amide bonds. The van der Waals surface area contributed by atoms with Crippen LogP contribution in [0.4, 0.5) is 0 Å². The zero-order valence-corrected chi connectivity index (χ0v) is 14.1. The Morgan fingerprint density at radius 3 is 2.82 bits per heavy atom. The molecule has 0 radical (unpaired) electrons. The first kappa shape index (κ1) is 15.8. The topological polar surface area (TPSA) is 52.7 Å². The lowest BCUT2D eigenvalue weighted by Gasteiger charge is -2.27. The molecule has 1 atom stereocenters. The van der Waals surface area contributed by atoms with Gasteiger partial charge in [0.25, 0.3) is 0 Å². The van der Waals surface area contributed by atoms with Gasteiger partial charge in [0.2, 0.25) is 11.8 Å². The van der Waals surface area contributed by atoms with Crippen molar-refractivity contribution in [2.75, 3.05) is 37.8 Å². The fraction of sp³-hybridized carbons (Fsp3) is 0.600. The SMILES string of the molecule is O=C(CN1CSCC1=O)NCC(c1cccs1)N1CCCC1. The highest BCUT2D eigenvalue weighted by Gasteiger charge is 2.26. The van der Waals surface area contributed by atoms with Gasteiger partial charge in [-0.05, 0) is 37.4 Å². The van der Waals surface area contributed by atoms with E-state index in [0.29, 0.717) is 18.2 Å². The predicted molar refractivity (Wildman–Crippen MR) is 89.9 cm³/mol. The number of thiophene rings is 1. The minimum Gasteiger partial charge on any atom is -0.353 e. The lowest BCUT2D eigenvalue weighted by molar-refractivity contribution is -0.132. The summed E-state index contributed by atoms with van der Waals surface area (Å²) < 4.78 is 0. The quantitative estimate of drug-likeness (QED) is 0.854. The molecule has 1 unspecified atom stereocenters. The zero-order valence-electron chi connectivity index (χ0n) is 12.5. The van der Waals surface area contributed by atoms with Crippen molar-refractivity contribution in [3.8, 4) is 0 Å². The number of rotatable bonds is 6. The number of amides is 2. The van der Waals surface area contributed by atoms with Crippen LogP contribution in [-0.2, 0) is 9.59 Å². The maximum atomic E-state index is 12.1. The molecule has 1 N–H and O–H groups in total. The Hall–Kier alpha value is -1.05. The maximum Gasteiger partial charge on any atom is 0.239 e. The van der Waals surface area contributed by atoms with Crippen LogP contribution in [0, 0.1) is 0 Å². The minimum absolute atomic E-state index is 0.0587. The Kier molecular flexibility index (Phi) is 5.38. The van der Waals surface area contributed by atoms with Gasteiger partial charge in [0, 0.05) is 11.4 Å². The Bertz CT molecular complexity index is 515. The second-order valence-electron chi connectivity index (χ2n) is 5.65. The highest BCUT2D eigenvalue weighted by Crippen LogP contribution is 2.27. The molecule has 2 fully saturated rings. The molecule has 0 saturated carbocycles. The first-order valence-corrected chi connectivity index (χ1v) is 9.67. The van der Waals surface area contributed by atoms with Gasteiger partial charge in [0.05, 0.1) is 17.7 Å². The van der Waals surface area contributed by atoms with Crippen LogP contribution in [0.5, 0.6) is 0 Å². The van der Waals surface area contributed by atoms with Crippen molar-refractivity contribution >= 4 is 34.9 Å². The largest absolute Gasteiger partial charge is 0.353 e. The number of thioether (sulfide) groups is 1. The molecule has 5 nitrogen and oxygen atoms in total. The van der Waals surface area contributed by atoms with E-state index in [1.165, 1.54) is 17.7 Å². The second-order valence-corrected chi connectivity index (χ2v) is 7.58. The van der Waals surface area contributed by atoms with Crippen molar-refractivity contribution in [2.45, 2.75) is 18.9 Å². The molecule has 22 heavy (non-hydrogen) atoms. The molecule has 2 saturated heterocycles. The molecule has 0 bridgehead atoms. The van der Waals surface area contributed by atoms with Crippen molar-refractivity contribution < 1.29 is 9.59 Å². The van der Waals surface area contributed by atoms with Gasteiger partial charge in [-0.25, -0.2) is 0 Å². The molecule has 2 aliphatic heterocycles.